The summed E-state index contributed by atoms with van der Waals surface area (Å²) in [5, 5.41) is 17.5. The molecule has 0 aliphatic heterocycles. The number of nitro benzene ring substituents is 1. The number of nitro groups is 1. The average Bonchev–Trinajstić information content (AvgIpc) is 2.82. The fourth-order valence-electron chi connectivity index (χ4n) is 5.04. The molecule has 9 nitrogen and oxygen atoms in total. The molecule has 0 bridgehead atoms. The highest BCUT2D eigenvalue weighted by Crippen LogP contribution is 2.30. The first kappa shape index (κ1) is 23.9. The second-order valence-corrected chi connectivity index (χ2v) is 9.73. The summed E-state index contributed by atoms with van der Waals surface area (Å²) < 4.78 is 0. The topological polar surface area (TPSA) is 113 Å². The third kappa shape index (κ3) is 5.46. The number of carbonyl (C=O) groups is 1. The van der Waals surface area contributed by atoms with Gasteiger partial charge in [0, 0.05) is 49.4 Å². The van der Waals surface area contributed by atoms with Crippen LogP contribution >= 0.6 is 0 Å². The Bertz CT molecular complexity index is 1060. The van der Waals surface area contributed by atoms with Crippen LogP contribution in [-0.2, 0) is 12.8 Å². The van der Waals surface area contributed by atoms with Crippen LogP contribution in [0.2, 0.25) is 0 Å². The van der Waals surface area contributed by atoms with Crippen LogP contribution in [0.5, 0.6) is 0 Å². The molecule has 2 aromatic rings. The molecule has 1 fully saturated rings. The van der Waals surface area contributed by atoms with Crippen LogP contribution in [0.25, 0.3) is 0 Å². The van der Waals surface area contributed by atoms with Crippen LogP contribution < -0.4 is 15.5 Å². The van der Waals surface area contributed by atoms with E-state index in [0.717, 1.165) is 50.3 Å². The highest BCUT2D eigenvalue weighted by atomic mass is 16.6. The Labute approximate surface area is 200 Å². The lowest BCUT2D eigenvalue weighted by atomic mass is 9.86. The van der Waals surface area contributed by atoms with Crippen molar-refractivity contribution in [3.63, 3.8) is 0 Å². The number of nitrogens with zero attached hydrogens (tertiary/aromatic N) is 4. The summed E-state index contributed by atoms with van der Waals surface area (Å²) in [5.41, 5.74) is 3.46. The molecule has 2 aliphatic rings. The first-order chi connectivity index (χ1) is 16.3. The van der Waals surface area contributed by atoms with Crippen LogP contribution in [0, 0.1) is 23.0 Å². The molecule has 0 atom stereocenters. The van der Waals surface area contributed by atoms with Gasteiger partial charge in [-0.05, 0) is 76.3 Å². The number of aryl methyl sites for hydroxylation is 2. The van der Waals surface area contributed by atoms with Gasteiger partial charge in [-0.1, -0.05) is 0 Å². The third-order valence-electron chi connectivity index (χ3n) is 6.97. The number of hydrogen-bond acceptors (Lipinski definition) is 7. The molecule has 0 unspecified atom stereocenters. The summed E-state index contributed by atoms with van der Waals surface area (Å²) >= 11 is 0. The van der Waals surface area contributed by atoms with Gasteiger partial charge in [-0.25, -0.2) is 4.98 Å². The molecule has 0 spiro atoms. The summed E-state index contributed by atoms with van der Waals surface area (Å²) in [5.74, 6) is 2.00. The zero-order valence-electron chi connectivity index (χ0n) is 20.3. The van der Waals surface area contributed by atoms with Crippen molar-refractivity contribution in [3.8, 4) is 0 Å². The Balaban J connectivity index is 1.29. The van der Waals surface area contributed by atoms with Crippen molar-refractivity contribution in [1.82, 2.24) is 15.3 Å². The van der Waals surface area contributed by atoms with Crippen molar-refractivity contribution >= 4 is 23.4 Å². The van der Waals surface area contributed by atoms with Crippen LogP contribution in [0.15, 0.2) is 18.2 Å². The van der Waals surface area contributed by atoms with E-state index in [0.29, 0.717) is 29.6 Å². The molecule has 182 valence electrons. The van der Waals surface area contributed by atoms with E-state index in [1.165, 1.54) is 36.2 Å². The second-order valence-electron chi connectivity index (χ2n) is 9.73. The Kier molecular flexibility index (Phi) is 7.29. The van der Waals surface area contributed by atoms with E-state index in [9.17, 15) is 14.9 Å². The second kappa shape index (κ2) is 10.4. The van der Waals surface area contributed by atoms with Crippen molar-refractivity contribution in [2.24, 2.45) is 5.92 Å². The zero-order valence-corrected chi connectivity index (χ0v) is 20.3. The van der Waals surface area contributed by atoms with Crippen molar-refractivity contribution < 1.29 is 9.72 Å². The molecule has 34 heavy (non-hydrogen) atoms. The van der Waals surface area contributed by atoms with Crippen LogP contribution in [0.1, 0.15) is 65.7 Å². The molecule has 0 radical (unpaired) electrons. The maximum Gasteiger partial charge on any atom is 0.272 e. The molecule has 1 saturated carbocycles. The lowest BCUT2D eigenvalue weighted by Crippen LogP contribution is -2.34. The van der Waals surface area contributed by atoms with Crippen LogP contribution in [0.3, 0.4) is 0 Å². The van der Waals surface area contributed by atoms with Gasteiger partial charge < -0.3 is 15.5 Å². The smallest absolute Gasteiger partial charge is 0.272 e. The summed E-state index contributed by atoms with van der Waals surface area (Å²) in [6.45, 7) is 2.26. The van der Waals surface area contributed by atoms with E-state index >= 15 is 0 Å². The molecule has 0 saturated heterocycles. The van der Waals surface area contributed by atoms with Gasteiger partial charge in [0.25, 0.3) is 11.6 Å². The minimum absolute atomic E-state index is 0.0305. The van der Waals surface area contributed by atoms with Gasteiger partial charge in [0.15, 0.2) is 0 Å². The molecule has 1 heterocycles. The predicted molar refractivity (Wildman–Crippen MR) is 133 cm³/mol. The summed E-state index contributed by atoms with van der Waals surface area (Å²) in [6.07, 6.45) is 8.52. The maximum atomic E-state index is 12.5. The molecule has 9 heteroatoms. The van der Waals surface area contributed by atoms with E-state index < -0.39 is 4.92 Å². The predicted octanol–water partition coefficient (Wildman–Crippen LogP) is 4.04. The minimum atomic E-state index is -0.431. The van der Waals surface area contributed by atoms with E-state index in [1.54, 1.807) is 13.0 Å². The SMILES string of the molecule is Cc1cc(C(=O)NC[C@H]2CC[C@@H](Nc3nc4c(c(N(C)C)n3)CCCC4)CC2)ccc1[N+](=O)[O-]. The number of nitrogens with one attached hydrogen (secondary N) is 2. The first-order valence-electron chi connectivity index (χ1n) is 12.2. The largest absolute Gasteiger partial charge is 0.362 e. The van der Waals surface area contributed by atoms with Crippen LogP contribution in [-0.4, -0.2) is 47.5 Å². The number of anilines is 2. The fraction of sp³-hybridized carbons (Fsp3) is 0.560. The monoisotopic (exact) mass is 466 g/mol. The highest BCUT2D eigenvalue weighted by Gasteiger charge is 2.24. The quantitative estimate of drug-likeness (QED) is 0.468. The maximum absolute atomic E-state index is 12.5. The van der Waals surface area contributed by atoms with E-state index in [4.69, 9.17) is 9.97 Å². The standard InChI is InChI=1S/C25H34N6O3/c1-16-14-18(10-13-22(16)31(33)34)24(32)26-15-17-8-11-19(12-9-17)27-25-28-21-7-5-4-6-20(21)23(29-25)30(2)3/h10,13-14,17,19H,4-9,11-12,15H2,1-3H3,(H,26,32)(H,27,28,29)/t17-,19+. The molecular formula is C25H34N6O3. The minimum Gasteiger partial charge on any atom is -0.362 e. The van der Waals surface area contributed by atoms with Gasteiger partial charge in [0.1, 0.15) is 5.82 Å². The Morgan fingerprint density at radius 3 is 2.56 bits per heavy atom. The van der Waals surface area contributed by atoms with E-state index in [-0.39, 0.29) is 11.6 Å². The molecule has 2 aliphatic carbocycles. The number of carbonyl (C=O) groups excluding carboxylic acids is 1. The third-order valence-corrected chi connectivity index (χ3v) is 6.97. The average molecular weight is 467 g/mol. The lowest BCUT2D eigenvalue weighted by Gasteiger charge is -2.30. The van der Waals surface area contributed by atoms with Gasteiger partial charge in [-0.2, -0.15) is 4.98 Å². The van der Waals surface area contributed by atoms with Crippen molar-refractivity contribution in [1.29, 1.82) is 0 Å². The molecule has 4 rings (SSSR count). The van der Waals surface area contributed by atoms with Crippen molar-refractivity contribution in [2.75, 3.05) is 30.9 Å². The fourth-order valence-corrected chi connectivity index (χ4v) is 5.04. The molecule has 1 aromatic heterocycles. The number of benzene rings is 1. The van der Waals surface area contributed by atoms with Crippen molar-refractivity contribution in [2.45, 2.75) is 64.3 Å². The number of amides is 1. The van der Waals surface area contributed by atoms with Gasteiger partial charge in [-0.3, -0.25) is 14.9 Å². The number of fused-ring (bicyclic) bond motifs is 1. The van der Waals surface area contributed by atoms with Gasteiger partial charge >= 0.3 is 0 Å². The summed E-state index contributed by atoms with van der Waals surface area (Å²) in [6, 6.07) is 4.82. The molecule has 1 amide bonds. The Hall–Kier alpha value is -3.23. The highest BCUT2D eigenvalue weighted by molar-refractivity contribution is 5.94. The first-order valence-corrected chi connectivity index (χ1v) is 12.2. The Morgan fingerprint density at radius 1 is 1.15 bits per heavy atom. The molecule has 2 N–H and O–H groups in total. The van der Waals surface area contributed by atoms with Gasteiger partial charge in [0.05, 0.1) is 10.6 Å². The van der Waals surface area contributed by atoms with E-state index in [2.05, 4.69) is 15.5 Å². The number of aromatic nitrogens is 2. The van der Waals surface area contributed by atoms with Gasteiger partial charge in [0.2, 0.25) is 5.95 Å². The lowest BCUT2D eigenvalue weighted by molar-refractivity contribution is -0.385. The van der Waals surface area contributed by atoms with Crippen molar-refractivity contribution in [3.05, 3.63) is 50.7 Å². The van der Waals surface area contributed by atoms with E-state index in [1.807, 2.05) is 14.1 Å². The number of hydrogen-bond donors (Lipinski definition) is 2. The normalized spacial score (nSPS) is 19.7. The zero-order chi connectivity index (χ0) is 24.2. The molecule has 1 aromatic carbocycles. The number of rotatable bonds is 7. The summed E-state index contributed by atoms with van der Waals surface area (Å²) in [4.78, 5) is 34.8. The summed E-state index contributed by atoms with van der Waals surface area (Å²) in [7, 11) is 4.08. The van der Waals surface area contributed by atoms with Gasteiger partial charge in [-0.15, -0.1) is 0 Å². The molecular weight excluding hydrogens is 432 g/mol. The van der Waals surface area contributed by atoms with Crippen LogP contribution in [0.4, 0.5) is 17.5 Å². The Morgan fingerprint density at radius 2 is 1.88 bits per heavy atom.